The van der Waals surface area contributed by atoms with Crippen LogP contribution in [0.25, 0.3) is 10.9 Å². The Balaban J connectivity index is 1.86. The summed E-state index contributed by atoms with van der Waals surface area (Å²) in [5.74, 6) is 5.85. The number of rotatable bonds is 5. The molecule has 164 valence electrons. The summed E-state index contributed by atoms with van der Waals surface area (Å²) in [6.45, 7) is -1.09. The van der Waals surface area contributed by atoms with Crippen molar-refractivity contribution in [3.05, 3.63) is 48.2 Å². The molecule has 2 aromatic carbocycles. The van der Waals surface area contributed by atoms with Crippen molar-refractivity contribution in [1.82, 2.24) is 4.57 Å². The van der Waals surface area contributed by atoms with Gasteiger partial charge in [0.15, 0.2) is 9.84 Å². The van der Waals surface area contributed by atoms with E-state index in [1.807, 2.05) is 0 Å². The molecule has 1 aromatic heterocycles. The molecule has 31 heavy (non-hydrogen) atoms. The van der Waals surface area contributed by atoms with Gasteiger partial charge >= 0.3 is 6.18 Å². The number of anilines is 2. The van der Waals surface area contributed by atoms with Crippen molar-refractivity contribution in [3.63, 3.8) is 0 Å². The smallest absolute Gasteiger partial charge is 0.406 e. The number of alkyl halides is 3. The number of nitrogen functional groups attached to an aromatic ring is 1. The molecule has 6 nitrogen and oxygen atoms in total. The number of halogens is 3. The number of methoxy groups -OCH3 is 1. The summed E-state index contributed by atoms with van der Waals surface area (Å²) >= 11 is 0. The van der Waals surface area contributed by atoms with E-state index >= 15 is 0 Å². The van der Waals surface area contributed by atoms with E-state index in [0.29, 0.717) is 28.0 Å². The molecular formula is C21H20F3N3O3S. The number of nitrogens with one attached hydrogen (secondary N) is 1. The lowest BCUT2D eigenvalue weighted by atomic mass is 10.2. The number of nitrogens with zero attached hydrogens (tertiary/aromatic N) is 1. The minimum absolute atomic E-state index is 0.0948. The first-order chi connectivity index (χ1) is 14.5. The van der Waals surface area contributed by atoms with Crippen LogP contribution in [0.4, 0.5) is 24.5 Å². The van der Waals surface area contributed by atoms with Gasteiger partial charge in [0.1, 0.15) is 12.3 Å². The average molecular weight is 451 g/mol. The third-order valence-electron chi connectivity index (χ3n) is 4.50. The quantitative estimate of drug-likeness (QED) is 0.457. The van der Waals surface area contributed by atoms with Gasteiger partial charge in [-0.25, -0.2) is 8.42 Å². The Hall–Kier alpha value is -3.32. The van der Waals surface area contributed by atoms with E-state index in [0.717, 1.165) is 10.8 Å². The molecule has 3 rings (SSSR count). The maximum Gasteiger partial charge on any atom is 0.406 e. The van der Waals surface area contributed by atoms with Gasteiger partial charge in [0, 0.05) is 23.4 Å². The van der Waals surface area contributed by atoms with Gasteiger partial charge in [-0.2, -0.15) is 13.2 Å². The highest BCUT2D eigenvalue weighted by atomic mass is 32.2. The monoisotopic (exact) mass is 451 g/mol. The highest BCUT2D eigenvalue weighted by molar-refractivity contribution is 7.90. The van der Waals surface area contributed by atoms with Crippen LogP contribution in [0.3, 0.4) is 0 Å². The number of fused-ring (bicyclic) bond motifs is 1. The number of hydrogen-bond acceptors (Lipinski definition) is 5. The summed E-state index contributed by atoms with van der Waals surface area (Å²) in [6.07, 6.45) is -3.33. The van der Waals surface area contributed by atoms with Gasteiger partial charge in [-0.3, -0.25) is 0 Å². The number of ether oxygens (including phenoxy) is 1. The molecule has 0 radical (unpaired) electrons. The number of aromatic nitrogens is 1. The molecule has 0 saturated heterocycles. The molecule has 0 bridgehead atoms. The lowest BCUT2D eigenvalue weighted by Gasteiger charge is -2.11. The van der Waals surface area contributed by atoms with Crippen LogP contribution in [0.15, 0.2) is 47.4 Å². The van der Waals surface area contributed by atoms with Crippen LogP contribution in [0.5, 0.6) is 5.75 Å². The number of sulfone groups is 1. The standard InChI is InChI=1S/C21H20F3N3O3S/c1-30-20-12-15(31(2,28)29)8-9-18(20)26-10-4-5-14-11-16-17(25)6-3-7-19(16)27(14)13-21(22,23)24/h3,6-9,11-12,26H,10,13,25H2,1-2H3. The molecule has 3 aromatic rings. The van der Waals surface area contributed by atoms with Crippen LogP contribution in [0, 0.1) is 11.8 Å². The third kappa shape index (κ3) is 5.24. The highest BCUT2D eigenvalue weighted by Crippen LogP contribution is 2.29. The van der Waals surface area contributed by atoms with Gasteiger partial charge in [0.05, 0.1) is 35.4 Å². The van der Waals surface area contributed by atoms with Crippen LogP contribution < -0.4 is 15.8 Å². The molecule has 1 heterocycles. The Bertz CT molecular complexity index is 1290. The van der Waals surface area contributed by atoms with Crippen LogP contribution in [-0.2, 0) is 16.4 Å². The fraction of sp³-hybridized carbons (Fsp3) is 0.238. The largest absolute Gasteiger partial charge is 0.495 e. The predicted molar refractivity (Wildman–Crippen MR) is 114 cm³/mol. The summed E-state index contributed by atoms with van der Waals surface area (Å²) in [6, 6.07) is 10.7. The maximum atomic E-state index is 13.1. The topological polar surface area (TPSA) is 86.3 Å². The molecule has 0 spiro atoms. The lowest BCUT2D eigenvalue weighted by Crippen LogP contribution is -2.18. The van der Waals surface area contributed by atoms with Crippen molar-refractivity contribution in [1.29, 1.82) is 0 Å². The lowest BCUT2D eigenvalue weighted by molar-refractivity contribution is -0.140. The van der Waals surface area contributed by atoms with Gasteiger partial charge in [-0.15, -0.1) is 0 Å². The van der Waals surface area contributed by atoms with Crippen molar-refractivity contribution in [3.8, 4) is 17.6 Å². The molecule has 3 N–H and O–H groups in total. The Morgan fingerprint density at radius 3 is 2.58 bits per heavy atom. The normalized spacial score (nSPS) is 11.8. The molecule has 0 aliphatic rings. The molecular weight excluding hydrogens is 431 g/mol. The first kappa shape index (κ1) is 22.4. The first-order valence-corrected chi connectivity index (χ1v) is 10.9. The van der Waals surface area contributed by atoms with Crippen molar-refractivity contribution in [2.45, 2.75) is 17.6 Å². The fourth-order valence-electron chi connectivity index (χ4n) is 3.08. The van der Waals surface area contributed by atoms with Crippen molar-refractivity contribution in [2.75, 3.05) is 31.0 Å². The predicted octanol–water partition coefficient (Wildman–Crippen LogP) is 3.66. The molecule has 10 heteroatoms. The van der Waals surface area contributed by atoms with Gasteiger partial charge in [0.2, 0.25) is 0 Å². The highest BCUT2D eigenvalue weighted by Gasteiger charge is 2.29. The summed E-state index contributed by atoms with van der Waals surface area (Å²) in [7, 11) is -1.99. The zero-order valence-corrected chi connectivity index (χ0v) is 17.6. The van der Waals surface area contributed by atoms with Gasteiger partial charge in [0.25, 0.3) is 0 Å². The summed E-state index contributed by atoms with van der Waals surface area (Å²) < 4.78 is 68.8. The summed E-state index contributed by atoms with van der Waals surface area (Å²) in [4.78, 5) is 0.107. The van der Waals surface area contributed by atoms with Crippen molar-refractivity contribution in [2.24, 2.45) is 0 Å². The van der Waals surface area contributed by atoms with E-state index in [9.17, 15) is 21.6 Å². The van der Waals surface area contributed by atoms with Crippen LogP contribution >= 0.6 is 0 Å². The number of nitrogens with two attached hydrogens (primary N) is 1. The Kier molecular flexibility index (Phi) is 6.08. The first-order valence-electron chi connectivity index (χ1n) is 9.05. The fourth-order valence-corrected chi connectivity index (χ4v) is 3.72. The van der Waals surface area contributed by atoms with E-state index in [2.05, 4.69) is 17.2 Å². The molecule has 0 saturated carbocycles. The second-order valence-electron chi connectivity index (χ2n) is 6.80. The third-order valence-corrected chi connectivity index (χ3v) is 5.61. The van der Waals surface area contributed by atoms with Gasteiger partial charge < -0.3 is 20.4 Å². The van der Waals surface area contributed by atoms with Gasteiger partial charge in [-0.1, -0.05) is 12.0 Å². The van der Waals surface area contributed by atoms with E-state index in [4.69, 9.17) is 10.5 Å². The number of benzene rings is 2. The minimum Gasteiger partial charge on any atom is -0.495 e. The Labute approximate surface area is 177 Å². The zero-order chi connectivity index (χ0) is 22.8. The second-order valence-corrected chi connectivity index (χ2v) is 8.82. The molecule has 0 aliphatic heterocycles. The minimum atomic E-state index is -4.42. The Morgan fingerprint density at radius 2 is 1.94 bits per heavy atom. The van der Waals surface area contributed by atoms with E-state index < -0.39 is 22.6 Å². The zero-order valence-electron chi connectivity index (χ0n) is 16.7. The van der Waals surface area contributed by atoms with Gasteiger partial charge in [-0.05, 0) is 36.3 Å². The molecule has 0 aliphatic carbocycles. The maximum absolute atomic E-state index is 13.1. The van der Waals surface area contributed by atoms with E-state index in [1.165, 1.54) is 31.4 Å². The summed E-state index contributed by atoms with van der Waals surface area (Å²) in [5.41, 5.74) is 7.31. The molecule has 0 amide bonds. The van der Waals surface area contributed by atoms with Crippen molar-refractivity contribution >= 4 is 32.1 Å². The molecule has 0 unspecified atom stereocenters. The second kappa shape index (κ2) is 8.43. The summed E-state index contributed by atoms with van der Waals surface area (Å²) in [5, 5.41) is 3.48. The average Bonchev–Trinajstić information content (AvgIpc) is 3.02. The molecule has 0 atom stereocenters. The van der Waals surface area contributed by atoms with Crippen LogP contribution in [-0.4, -0.2) is 39.1 Å². The molecule has 0 fully saturated rings. The van der Waals surface area contributed by atoms with E-state index in [1.54, 1.807) is 18.2 Å². The van der Waals surface area contributed by atoms with Crippen LogP contribution in [0.1, 0.15) is 5.69 Å². The van der Waals surface area contributed by atoms with Crippen LogP contribution in [0.2, 0.25) is 0 Å². The van der Waals surface area contributed by atoms with E-state index in [-0.39, 0.29) is 17.1 Å². The SMILES string of the molecule is COc1cc(S(C)(=O)=O)ccc1NCC#Cc1cc2c(N)cccc2n1CC(F)(F)F. The Morgan fingerprint density at radius 1 is 1.19 bits per heavy atom. The van der Waals surface area contributed by atoms with Crippen molar-refractivity contribution < 1.29 is 26.3 Å². The number of hydrogen-bond donors (Lipinski definition) is 2.